The van der Waals surface area contributed by atoms with Crippen molar-refractivity contribution in [3.8, 4) is 46.2 Å². The van der Waals surface area contributed by atoms with Crippen molar-refractivity contribution < 1.29 is 29.6 Å². The third-order valence-electron chi connectivity index (χ3n) is 5.49. The third-order valence-corrected chi connectivity index (χ3v) is 5.49. The van der Waals surface area contributed by atoms with E-state index in [1.54, 1.807) is 6.20 Å². The summed E-state index contributed by atoms with van der Waals surface area (Å²) >= 11 is 0. The van der Waals surface area contributed by atoms with Crippen LogP contribution in [0, 0.1) is 6.07 Å². The van der Waals surface area contributed by atoms with Gasteiger partial charge in [0.15, 0.2) is 5.82 Å². The Morgan fingerprint density at radius 2 is 1.24 bits per heavy atom. The first-order valence-corrected chi connectivity index (χ1v) is 11.4. The quantitative estimate of drug-likeness (QED) is 0.177. The van der Waals surface area contributed by atoms with Crippen LogP contribution in [0.25, 0.3) is 33.4 Å². The zero-order valence-electron chi connectivity index (χ0n) is 19.4. The van der Waals surface area contributed by atoms with Crippen molar-refractivity contribution in [1.82, 2.24) is 19.9 Å². The van der Waals surface area contributed by atoms with E-state index < -0.39 is 0 Å². The minimum atomic E-state index is 0. The summed E-state index contributed by atoms with van der Waals surface area (Å²) < 4.78 is 11.9. The molecule has 6 aromatic rings. The molecule has 181 valence electrons. The van der Waals surface area contributed by atoms with E-state index in [9.17, 15) is 0 Å². The Labute approximate surface area is 227 Å². The van der Waals surface area contributed by atoms with Crippen molar-refractivity contribution in [1.29, 1.82) is 0 Å². The third kappa shape index (κ3) is 5.53. The van der Waals surface area contributed by atoms with Crippen molar-refractivity contribution in [2.45, 2.75) is 0 Å². The van der Waals surface area contributed by atoms with E-state index in [-0.39, 0.29) is 32.1 Å². The number of hydrogen-bond donors (Lipinski definition) is 0. The van der Waals surface area contributed by atoms with Gasteiger partial charge in [-0.2, -0.15) is 9.97 Å². The van der Waals surface area contributed by atoms with Gasteiger partial charge in [-0.3, -0.25) is 0 Å². The average molecular weight is 660 g/mol. The van der Waals surface area contributed by atoms with Gasteiger partial charge in [-0.1, -0.05) is 66.2 Å². The molecule has 0 unspecified atom stereocenters. The zero-order valence-corrected chi connectivity index (χ0v) is 21.8. The number of hydrogen-bond acceptors (Lipinski definition) is 6. The van der Waals surface area contributed by atoms with Crippen molar-refractivity contribution in [2.75, 3.05) is 0 Å². The molecule has 0 aliphatic heterocycles. The summed E-state index contributed by atoms with van der Waals surface area (Å²) in [4.78, 5) is 18.2. The van der Waals surface area contributed by atoms with E-state index >= 15 is 0 Å². The van der Waals surface area contributed by atoms with Crippen LogP contribution in [-0.2, 0) is 20.1 Å². The molecule has 2 aromatic heterocycles. The number of pyridine rings is 1. The van der Waals surface area contributed by atoms with Crippen LogP contribution in [-0.4, -0.2) is 19.9 Å². The Bertz CT molecular complexity index is 1580. The molecule has 0 aliphatic rings. The molecule has 6 rings (SSSR count). The Morgan fingerprint density at radius 1 is 0.622 bits per heavy atom. The molecule has 0 amide bonds. The van der Waals surface area contributed by atoms with Crippen LogP contribution >= 0.6 is 0 Å². The standard InChI is InChI=1S/C30H19N4O2.Ir/c1-3-13-24(14-4-1)35-29-32-28(33-30(34-29)36-25-15-5-2-6-16-25)23-12-9-11-22(20-23)27-26-17-8-7-10-21(26)18-19-31-27;/h1-10,12-20H;/q-1;. The van der Waals surface area contributed by atoms with Crippen molar-refractivity contribution in [3.05, 3.63) is 121 Å². The van der Waals surface area contributed by atoms with E-state index in [0.29, 0.717) is 17.3 Å². The SMILES string of the molecule is [Ir].[c-]1ccc(-c2nc(Oc3ccccc3)nc(Oc3ccccc3)n2)cc1-c1nccc2ccccc12. The largest absolute Gasteiger partial charge is 0.424 e. The first-order chi connectivity index (χ1) is 17.8. The van der Waals surface area contributed by atoms with Gasteiger partial charge in [0.1, 0.15) is 11.5 Å². The molecule has 1 radical (unpaired) electrons. The second kappa shape index (κ2) is 11.1. The maximum Gasteiger partial charge on any atom is 0.328 e. The average Bonchev–Trinajstić information content (AvgIpc) is 2.94. The predicted octanol–water partition coefficient (Wildman–Crippen LogP) is 7.14. The second-order valence-electron chi connectivity index (χ2n) is 7.93. The van der Waals surface area contributed by atoms with Crippen LogP contribution in [0.5, 0.6) is 23.5 Å². The molecule has 0 atom stereocenters. The number of aromatic nitrogens is 4. The molecule has 7 heteroatoms. The van der Waals surface area contributed by atoms with Crippen LogP contribution in [0.2, 0.25) is 0 Å². The molecule has 37 heavy (non-hydrogen) atoms. The molecule has 0 spiro atoms. The maximum absolute atomic E-state index is 5.93. The van der Waals surface area contributed by atoms with E-state index in [1.165, 1.54) is 0 Å². The number of para-hydroxylation sites is 2. The molecule has 0 fully saturated rings. The monoisotopic (exact) mass is 660 g/mol. The van der Waals surface area contributed by atoms with Gasteiger partial charge in [-0.25, -0.2) is 0 Å². The van der Waals surface area contributed by atoms with E-state index in [2.05, 4.69) is 38.1 Å². The van der Waals surface area contributed by atoms with Crippen LogP contribution in [0.15, 0.2) is 115 Å². The number of rotatable bonds is 6. The molecule has 0 bridgehead atoms. The number of benzene rings is 4. The topological polar surface area (TPSA) is 70.0 Å². The molecule has 4 aromatic carbocycles. The molecule has 0 aliphatic carbocycles. The molecular weight excluding hydrogens is 641 g/mol. The van der Waals surface area contributed by atoms with Gasteiger partial charge in [0.25, 0.3) is 0 Å². The fourth-order valence-electron chi connectivity index (χ4n) is 3.82. The van der Waals surface area contributed by atoms with Crippen LogP contribution in [0.4, 0.5) is 0 Å². The van der Waals surface area contributed by atoms with Crippen LogP contribution in [0.1, 0.15) is 0 Å². The van der Waals surface area contributed by atoms with Crippen LogP contribution in [0.3, 0.4) is 0 Å². The molecule has 2 heterocycles. The number of ether oxygens (including phenoxy) is 2. The molecule has 6 nitrogen and oxygen atoms in total. The number of fused-ring (bicyclic) bond motifs is 1. The minimum absolute atomic E-state index is 0. The van der Waals surface area contributed by atoms with Crippen molar-refractivity contribution in [3.63, 3.8) is 0 Å². The Balaban J connectivity index is 0.00000280. The fraction of sp³-hybridized carbons (Fsp3) is 0. The van der Waals surface area contributed by atoms with Crippen LogP contribution < -0.4 is 9.47 Å². The summed E-state index contributed by atoms with van der Waals surface area (Å²) in [5.41, 5.74) is 2.43. The van der Waals surface area contributed by atoms with E-state index in [4.69, 9.17) is 9.47 Å². The van der Waals surface area contributed by atoms with Gasteiger partial charge in [-0.05, 0) is 46.8 Å². The van der Waals surface area contributed by atoms with E-state index in [1.807, 2.05) is 97.1 Å². The normalized spacial score (nSPS) is 10.5. The summed E-state index contributed by atoms with van der Waals surface area (Å²) in [6, 6.07) is 38.1. The van der Waals surface area contributed by atoms with Crippen molar-refractivity contribution in [2.24, 2.45) is 0 Å². The molecule has 0 saturated heterocycles. The summed E-state index contributed by atoms with van der Waals surface area (Å²) in [5.74, 6) is 1.64. The summed E-state index contributed by atoms with van der Waals surface area (Å²) in [6.45, 7) is 0. The smallest absolute Gasteiger partial charge is 0.328 e. The van der Waals surface area contributed by atoms with Gasteiger partial charge >= 0.3 is 12.0 Å². The summed E-state index contributed by atoms with van der Waals surface area (Å²) in [6.07, 6.45) is 1.80. The second-order valence-corrected chi connectivity index (χ2v) is 7.93. The maximum atomic E-state index is 5.93. The summed E-state index contributed by atoms with van der Waals surface area (Å²) in [7, 11) is 0. The molecule has 0 N–H and O–H groups in total. The van der Waals surface area contributed by atoms with Gasteiger partial charge in [0.05, 0.1) is 0 Å². The van der Waals surface area contributed by atoms with Gasteiger partial charge in [0, 0.05) is 26.3 Å². The zero-order chi connectivity index (χ0) is 24.2. The Hall–Kier alpha value is -4.45. The fourth-order valence-corrected chi connectivity index (χ4v) is 3.82. The van der Waals surface area contributed by atoms with Gasteiger partial charge < -0.3 is 14.5 Å². The molecule has 0 saturated carbocycles. The predicted molar refractivity (Wildman–Crippen MR) is 138 cm³/mol. The van der Waals surface area contributed by atoms with E-state index in [0.717, 1.165) is 27.6 Å². The minimum Gasteiger partial charge on any atom is -0.424 e. The first kappa shape index (κ1) is 24.3. The Kier molecular flexibility index (Phi) is 7.26. The first-order valence-electron chi connectivity index (χ1n) is 11.4. The summed E-state index contributed by atoms with van der Waals surface area (Å²) in [5, 5.41) is 2.16. The van der Waals surface area contributed by atoms with Gasteiger partial charge in [0.2, 0.25) is 0 Å². The Morgan fingerprint density at radius 3 is 1.92 bits per heavy atom. The molecular formula is C30H19IrN4O2-. The number of nitrogens with zero attached hydrogens (tertiary/aromatic N) is 4. The van der Waals surface area contributed by atoms with Crippen molar-refractivity contribution >= 4 is 10.8 Å². The van der Waals surface area contributed by atoms with Gasteiger partial charge in [-0.15, -0.1) is 34.8 Å².